The van der Waals surface area contributed by atoms with Gasteiger partial charge in [-0.25, -0.2) is 0 Å². The molecule has 1 aromatic carbocycles. The molecule has 3 saturated heterocycles. The Hall–Kier alpha value is -1.95. The Morgan fingerprint density at radius 1 is 1.25 bits per heavy atom. The number of pyridine rings is 1. The summed E-state index contributed by atoms with van der Waals surface area (Å²) in [5.41, 5.74) is 3.16. The number of fused-ring (bicyclic) bond motifs is 4. The van der Waals surface area contributed by atoms with E-state index in [1.165, 1.54) is 12.0 Å². The SMILES string of the molecule is OC/C=C1\CN2CC[C@H]1C[C@H]2[C@H](O)c1ccnc2ccc(OC3CCC3)cc12. The van der Waals surface area contributed by atoms with Crippen molar-refractivity contribution in [2.75, 3.05) is 19.7 Å². The van der Waals surface area contributed by atoms with Gasteiger partial charge < -0.3 is 14.9 Å². The summed E-state index contributed by atoms with van der Waals surface area (Å²) in [6.45, 7) is 1.96. The van der Waals surface area contributed by atoms with E-state index in [4.69, 9.17) is 4.74 Å². The third kappa shape index (κ3) is 3.21. The number of hydrogen-bond donors (Lipinski definition) is 2. The molecule has 4 heterocycles. The van der Waals surface area contributed by atoms with Crippen molar-refractivity contribution in [3.63, 3.8) is 0 Å². The maximum absolute atomic E-state index is 11.3. The number of piperidine rings is 3. The van der Waals surface area contributed by atoms with Gasteiger partial charge in [0.2, 0.25) is 0 Å². The Kier molecular flexibility index (Phi) is 4.83. The molecule has 28 heavy (non-hydrogen) atoms. The lowest BCUT2D eigenvalue weighted by atomic mass is 9.76. The van der Waals surface area contributed by atoms with Crippen LogP contribution in [0.4, 0.5) is 0 Å². The highest BCUT2D eigenvalue weighted by atomic mass is 16.5. The molecule has 6 rings (SSSR count). The second-order valence-corrected chi connectivity index (χ2v) is 8.42. The summed E-state index contributed by atoms with van der Waals surface area (Å²) < 4.78 is 6.08. The van der Waals surface area contributed by atoms with Crippen LogP contribution in [0, 0.1) is 5.92 Å². The molecular weight excluding hydrogens is 352 g/mol. The minimum absolute atomic E-state index is 0.103. The Morgan fingerprint density at radius 3 is 2.86 bits per heavy atom. The van der Waals surface area contributed by atoms with Gasteiger partial charge in [0, 0.05) is 24.2 Å². The fourth-order valence-electron chi connectivity index (χ4n) is 4.99. The van der Waals surface area contributed by atoms with E-state index in [1.807, 2.05) is 30.3 Å². The maximum Gasteiger partial charge on any atom is 0.120 e. The average molecular weight is 380 g/mol. The number of benzene rings is 1. The van der Waals surface area contributed by atoms with Crippen molar-refractivity contribution in [2.45, 2.75) is 50.4 Å². The quantitative estimate of drug-likeness (QED) is 0.780. The molecule has 5 heteroatoms. The second-order valence-electron chi connectivity index (χ2n) is 8.42. The fourth-order valence-corrected chi connectivity index (χ4v) is 4.99. The van der Waals surface area contributed by atoms with E-state index in [0.717, 1.165) is 61.0 Å². The minimum atomic E-state index is -0.553. The first-order valence-electron chi connectivity index (χ1n) is 10.5. The first kappa shape index (κ1) is 18.1. The second kappa shape index (κ2) is 7.47. The molecule has 148 valence electrons. The Bertz CT molecular complexity index is 893. The van der Waals surface area contributed by atoms with Gasteiger partial charge in [-0.2, -0.15) is 0 Å². The van der Waals surface area contributed by atoms with Crippen LogP contribution in [-0.2, 0) is 0 Å². The monoisotopic (exact) mass is 380 g/mol. The molecule has 0 spiro atoms. The fraction of sp³-hybridized carbons (Fsp3) is 0.522. The standard InChI is InChI=1S/C23H28N2O3/c26-11-8-16-14-25-10-7-15(16)12-22(25)23(27)19-6-9-24-21-5-4-18(13-20(19)21)28-17-2-1-3-17/h4-6,8-9,13,15,17,22-23,26-27H,1-3,7,10-12,14H2/b16-8+/t15-,22-,23+/m0/s1. The van der Waals surface area contributed by atoms with Crippen LogP contribution in [0.3, 0.4) is 0 Å². The Balaban J connectivity index is 1.43. The van der Waals surface area contributed by atoms with Crippen LogP contribution in [0.5, 0.6) is 5.75 Å². The van der Waals surface area contributed by atoms with E-state index in [1.54, 1.807) is 6.20 Å². The molecular formula is C23H28N2O3. The molecule has 1 unspecified atom stereocenters. The lowest BCUT2D eigenvalue weighted by Gasteiger charge is -2.48. The molecule has 2 aromatic rings. The summed E-state index contributed by atoms with van der Waals surface area (Å²) in [5.74, 6) is 1.35. The van der Waals surface area contributed by atoms with E-state index in [0.29, 0.717) is 12.0 Å². The molecule has 1 saturated carbocycles. The summed E-state index contributed by atoms with van der Waals surface area (Å²) in [6, 6.07) is 8.09. The van der Waals surface area contributed by atoms with Crippen LogP contribution in [0.25, 0.3) is 10.9 Å². The van der Waals surface area contributed by atoms with Gasteiger partial charge in [0.1, 0.15) is 5.75 Å². The number of nitrogens with zero attached hydrogens (tertiary/aromatic N) is 2. The van der Waals surface area contributed by atoms with Gasteiger partial charge in [-0.15, -0.1) is 0 Å². The normalized spacial score (nSPS) is 29.8. The predicted octanol–water partition coefficient (Wildman–Crippen LogP) is 3.21. The zero-order valence-corrected chi connectivity index (χ0v) is 16.1. The summed E-state index contributed by atoms with van der Waals surface area (Å²) in [4.78, 5) is 6.86. The molecule has 4 atom stereocenters. The third-order valence-electron chi connectivity index (χ3n) is 6.81. The van der Waals surface area contributed by atoms with Gasteiger partial charge >= 0.3 is 0 Å². The predicted molar refractivity (Wildman–Crippen MR) is 108 cm³/mol. The topological polar surface area (TPSA) is 65.8 Å². The zero-order chi connectivity index (χ0) is 19.1. The van der Waals surface area contributed by atoms with Gasteiger partial charge in [-0.05, 0) is 74.4 Å². The lowest BCUT2D eigenvalue weighted by molar-refractivity contribution is -0.00364. The van der Waals surface area contributed by atoms with Crippen LogP contribution in [0.2, 0.25) is 0 Å². The summed E-state index contributed by atoms with van der Waals surface area (Å²) in [5, 5.41) is 21.6. The highest BCUT2D eigenvalue weighted by molar-refractivity contribution is 5.84. The van der Waals surface area contributed by atoms with Crippen molar-refractivity contribution in [3.05, 3.63) is 47.7 Å². The third-order valence-corrected chi connectivity index (χ3v) is 6.81. The van der Waals surface area contributed by atoms with E-state index >= 15 is 0 Å². The molecule has 2 N–H and O–H groups in total. The molecule has 3 aliphatic heterocycles. The summed E-state index contributed by atoms with van der Waals surface area (Å²) in [7, 11) is 0. The lowest BCUT2D eigenvalue weighted by Crippen LogP contribution is -2.52. The van der Waals surface area contributed by atoms with Crippen molar-refractivity contribution >= 4 is 10.9 Å². The van der Waals surface area contributed by atoms with Gasteiger partial charge in [-0.1, -0.05) is 11.6 Å². The smallest absolute Gasteiger partial charge is 0.120 e. The van der Waals surface area contributed by atoms with Crippen molar-refractivity contribution in [3.8, 4) is 5.75 Å². The number of aliphatic hydroxyl groups excluding tert-OH is 2. The van der Waals surface area contributed by atoms with Crippen LogP contribution < -0.4 is 4.74 Å². The van der Waals surface area contributed by atoms with Gasteiger partial charge in [0.15, 0.2) is 0 Å². The summed E-state index contributed by atoms with van der Waals surface area (Å²) in [6.07, 6.45) is 9.08. The number of hydrogen-bond acceptors (Lipinski definition) is 5. The van der Waals surface area contributed by atoms with Gasteiger partial charge in [0.25, 0.3) is 0 Å². The van der Waals surface area contributed by atoms with Crippen molar-refractivity contribution in [1.29, 1.82) is 0 Å². The number of aromatic nitrogens is 1. The van der Waals surface area contributed by atoms with Crippen LogP contribution in [0.15, 0.2) is 42.1 Å². The number of aliphatic hydroxyl groups is 2. The maximum atomic E-state index is 11.3. The highest BCUT2D eigenvalue weighted by Crippen LogP contribution is 2.41. The Labute approximate surface area is 165 Å². The molecule has 1 aromatic heterocycles. The van der Waals surface area contributed by atoms with Crippen LogP contribution >= 0.6 is 0 Å². The Morgan fingerprint density at radius 2 is 2.14 bits per heavy atom. The molecule has 2 bridgehead atoms. The molecule has 4 aliphatic rings. The van der Waals surface area contributed by atoms with E-state index in [-0.39, 0.29) is 12.6 Å². The van der Waals surface area contributed by atoms with Crippen LogP contribution in [-0.4, -0.2) is 51.9 Å². The zero-order valence-electron chi connectivity index (χ0n) is 16.1. The molecule has 0 radical (unpaired) electrons. The first-order chi connectivity index (χ1) is 13.7. The molecule has 1 aliphatic carbocycles. The van der Waals surface area contributed by atoms with Crippen molar-refractivity contribution < 1.29 is 14.9 Å². The van der Waals surface area contributed by atoms with E-state index < -0.39 is 6.10 Å². The summed E-state index contributed by atoms with van der Waals surface area (Å²) >= 11 is 0. The largest absolute Gasteiger partial charge is 0.490 e. The van der Waals surface area contributed by atoms with E-state index in [9.17, 15) is 10.2 Å². The first-order valence-corrected chi connectivity index (χ1v) is 10.5. The average Bonchev–Trinajstić information content (AvgIpc) is 2.70. The van der Waals surface area contributed by atoms with Crippen LogP contribution in [0.1, 0.15) is 43.8 Å². The van der Waals surface area contributed by atoms with Crippen molar-refractivity contribution in [2.24, 2.45) is 5.92 Å². The minimum Gasteiger partial charge on any atom is -0.490 e. The molecule has 0 amide bonds. The van der Waals surface area contributed by atoms with Gasteiger partial charge in [-0.3, -0.25) is 9.88 Å². The van der Waals surface area contributed by atoms with Gasteiger partial charge in [0.05, 0.1) is 24.3 Å². The molecule has 4 fully saturated rings. The number of ether oxygens (including phenoxy) is 1. The highest BCUT2D eigenvalue weighted by Gasteiger charge is 2.40. The molecule has 5 nitrogen and oxygen atoms in total. The van der Waals surface area contributed by atoms with Crippen molar-refractivity contribution in [1.82, 2.24) is 9.88 Å². The van der Waals surface area contributed by atoms with E-state index in [2.05, 4.69) is 9.88 Å². The number of rotatable bonds is 5.